The molecule has 31 heavy (non-hydrogen) atoms. The number of hydrogen-bond donors (Lipinski definition) is 2. The number of halogens is 1. The number of carbonyl (C=O) groups is 1. The zero-order chi connectivity index (χ0) is 22.4. The molecule has 3 N–H and O–H groups in total. The van der Waals surface area contributed by atoms with Gasteiger partial charge in [-0.05, 0) is 31.4 Å². The smallest absolute Gasteiger partial charge is 0.228 e. The molecule has 2 aromatic rings. The van der Waals surface area contributed by atoms with Gasteiger partial charge in [-0.15, -0.1) is 0 Å². The number of ether oxygens (including phenoxy) is 1. The van der Waals surface area contributed by atoms with E-state index in [1.165, 1.54) is 16.6 Å². The number of nitrogens with two attached hydrogens (primary N) is 1. The van der Waals surface area contributed by atoms with Crippen LogP contribution in [-0.4, -0.2) is 60.2 Å². The number of alkyl halides is 1. The Hall–Kier alpha value is -2.79. The largest absolute Gasteiger partial charge is 0.463 e. The van der Waals surface area contributed by atoms with Gasteiger partial charge in [0.15, 0.2) is 5.78 Å². The highest BCUT2D eigenvalue weighted by Gasteiger charge is 2.27. The second kappa shape index (κ2) is 10.0. The maximum atomic E-state index is 12.7. The van der Waals surface area contributed by atoms with E-state index in [0.29, 0.717) is 32.4 Å². The number of sulfonamides is 1. The molecule has 0 aliphatic carbocycles. The monoisotopic (exact) mass is 451 g/mol. The number of carbonyl (C=O) groups excluding carboxylic acids is 1. The lowest BCUT2D eigenvalue weighted by Gasteiger charge is -2.31. The van der Waals surface area contributed by atoms with Gasteiger partial charge in [0.1, 0.15) is 11.6 Å². The molecule has 1 fully saturated rings. The second-order valence-corrected chi connectivity index (χ2v) is 9.33. The Balaban J connectivity index is 1.64. The molecule has 0 saturated carbocycles. The summed E-state index contributed by atoms with van der Waals surface area (Å²) in [5.74, 6) is 0.283. The van der Waals surface area contributed by atoms with Crippen LogP contribution in [0, 0.1) is 0 Å². The van der Waals surface area contributed by atoms with E-state index in [0.717, 1.165) is 0 Å². The molecule has 1 aromatic heterocycles. The summed E-state index contributed by atoms with van der Waals surface area (Å²) < 4.78 is 43.0. The molecule has 0 radical (unpaired) electrons. The van der Waals surface area contributed by atoms with E-state index in [1.807, 2.05) is 6.92 Å². The van der Waals surface area contributed by atoms with Crippen molar-refractivity contribution in [1.29, 1.82) is 0 Å². The number of benzene rings is 1. The third-order valence-corrected chi connectivity index (χ3v) is 7.10. The number of hydrogen-bond acceptors (Lipinski definition) is 8. The quantitative estimate of drug-likeness (QED) is 0.556. The lowest BCUT2D eigenvalue weighted by molar-refractivity contribution is 0.103. The van der Waals surface area contributed by atoms with Gasteiger partial charge in [-0.2, -0.15) is 4.98 Å². The van der Waals surface area contributed by atoms with Crippen molar-refractivity contribution < 1.29 is 22.3 Å². The molecule has 1 saturated heterocycles. The average Bonchev–Trinajstić information content (AvgIpc) is 2.74. The van der Waals surface area contributed by atoms with E-state index in [-0.39, 0.29) is 40.4 Å². The molecule has 0 bridgehead atoms. The van der Waals surface area contributed by atoms with Crippen LogP contribution in [0.1, 0.15) is 42.1 Å². The van der Waals surface area contributed by atoms with Crippen molar-refractivity contribution in [1.82, 2.24) is 14.3 Å². The summed E-state index contributed by atoms with van der Waals surface area (Å²) in [6.07, 6.45) is 3.17. The molecule has 11 heteroatoms. The molecule has 0 amide bonds. The number of rotatable bonds is 9. The van der Waals surface area contributed by atoms with E-state index in [2.05, 4.69) is 15.3 Å². The molecule has 168 valence electrons. The summed E-state index contributed by atoms with van der Waals surface area (Å²) in [4.78, 5) is 21.1. The first-order valence-corrected chi connectivity index (χ1v) is 11.7. The van der Waals surface area contributed by atoms with Gasteiger partial charge in [-0.3, -0.25) is 4.79 Å². The lowest BCUT2D eigenvalue weighted by atomic mass is 10.1. The summed E-state index contributed by atoms with van der Waals surface area (Å²) in [6.45, 7) is 1.72. The number of aromatic nitrogens is 2. The summed E-state index contributed by atoms with van der Waals surface area (Å²) in [6, 6.07) is 6.12. The van der Waals surface area contributed by atoms with Crippen molar-refractivity contribution in [3.05, 3.63) is 41.6 Å². The van der Waals surface area contributed by atoms with Gasteiger partial charge in [-0.25, -0.2) is 22.1 Å². The number of nitrogens with one attached hydrogen (secondary N) is 1. The van der Waals surface area contributed by atoms with Crippen molar-refractivity contribution >= 4 is 27.6 Å². The SMILES string of the molecule is CCCS(=O)(=O)N1CCC(Nc2ncc(C(=O)c3cccc(OCF)c3)c(N)n2)CC1. The molecule has 9 nitrogen and oxygen atoms in total. The van der Waals surface area contributed by atoms with Crippen LogP contribution in [0.25, 0.3) is 0 Å². The van der Waals surface area contributed by atoms with Crippen LogP contribution in [0.2, 0.25) is 0 Å². The minimum absolute atomic E-state index is 0.00330. The molecule has 3 rings (SSSR count). The van der Waals surface area contributed by atoms with Crippen molar-refractivity contribution in [2.75, 3.05) is 36.8 Å². The number of nitrogens with zero attached hydrogens (tertiary/aromatic N) is 3. The van der Waals surface area contributed by atoms with Crippen LogP contribution >= 0.6 is 0 Å². The van der Waals surface area contributed by atoms with Crippen LogP contribution in [-0.2, 0) is 10.0 Å². The second-order valence-electron chi connectivity index (χ2n) is 7.24. The van der Waals surface area contributed by atoms with Gasteiger partial charge < -0.3 is 15.8 Å². The van der Waals surface area contributed by atoms with Crippen LogP contribution in [0.3, 0.4) is 0 Å². The number of piperidine rings is 1. The topological polar surface area (TPSA) is 128 Å². The number of anilines is 2. The molecule has 0 atom stereocenters. The predicted molar refractivity (Wildman–Crippen MR) is 115 cm³/mol. The first kappa shape index (κ1) is 22.9. The highest BCUT2D eigenvalue weighted by Crippen LogP contribution is 2.21. The lowest BCUT2D eigenvalue weighted by Crippen LogP contribution is -2.43. The van der Waals surface area contributed by atoms with Crippen LogP contribution in [0.15, 0.2) is 30.5 Å². The van der Waals surface area contributed by atoms with Gasteiger partial charge in [-0.1, -0.05) is 19.1 Å². The molecule has 2 heterocycles. The van der Waals surface area contributed by atoms with Crippen LogP contribution < -0.4 is 15.8 Å². The third kappa shape index (κ3) is 5.67. The van der Waals surface area contributed by atoms with E-state index >= 15 is 0 Å². The maximum Gasteiger partial charge on any atom is 0.228 e. The average molecular weight is 452 g/mol. The summed E-state index contributed by atoms with van der Waals surface area (Å²) in [7, 11) is -3.20. The zero-order valence-electron chi connectivity index (χ0n) is 17.3. The van der Waals surface area contributed by atoms with E-state index in [4.69, 9.17) is 10.5 Å². The minimum Gasteiger partial charge on any atom is -0.463 e. The molecule has 0 spiro atoms. The standard InChI is InChI=1S/C20H26FN5O4S/c1-2-10-31(28,29)26-8-6-15(7-9-26)24-20-23-12-17(19(22)25-20)18(27)14-4-3-5-16(11-14)30-13-21/h3-5,11-12,15H,2,6-10,13H2,1H3,(H3,22,23,24,25). The Bertz CT molecular complexity index is 1030. The van der Waals surface area contributed by atoms with Gasteiger partial charge in [0.25, 0.3) is 0 Å². The van der Waals surface area contributed by atoms with Crippen LogP contribution in [0.5, 0.6) is 5.75 Å². The fourth-order valence-corrected chi connectivity index (χ4v) is 4.97. The molecule has 0 unspecified atom stereocenters. The fourth-order valence-electron chi connectivity index (χ4n) is 3.43. The third-order valence-electron chi connectivity index (χ3n) is 5.02. The number of nitrogen functional groups attached to an aromatic ring is 1. The Morgan fingerprint density at radius 2 is 2.10 bits per heavy atom. The van der Waals surface area contributed by atoms with E-state index in [9.17, 15) is 17.6 Å². The Labute approximate surface area is 180 Å². The maximum absolute atomic E-state index is 12.7. The Kier molecular flexibility index (Phi) is 7.39. The molecule has 1 aromatic carbocycles. The van der Waals surface area contributed by atoms with Crippen molar-refractivity contribution in [3.63, 3.8) is 0 Å². The highest BCUT2D eigenvalue weighted by molar-refractivity contribution is 7.89. The van der Waals surface area contributed by atoms with Gasteiger partial charge in [0, 0.05) is 30.9 Å². The van der Waals surface area contributed by atoms with Gasteiger partial charge >= 0.3 is 0 Å². The molecular weight excluding hydrogens is 425 g/mol. The van der Waals surface area contributed by atoms with Crippen molar-refractivity contribution in [2.24, 2.45) is 0 Å². The molecule has 1 aliphatic rings. The van der Waals surface area contributed by atoms with Crippen molar-refractivity contribution in [3.8, 4) is 5.75 Å². The van der Waals surface area contributed by atoms with Crippen LogP contribution in [0.4, 0.5) is 16.2 Å². The first-order valence-electron chi connectivity index (χ1n) is 10.0. The Morgan fingerprint density at radius 3 is 2.74 bits per heavy atom. The van der Waals surface area contributed by atoms with Crippen molar-refractivity contribution in [2.45, 2.75) is 32.2 Å². The fraction of sp³-hybridized carbons (Fsp3) is 0.450. The molecule has 1 aliphatic heterocycles. The summed E-state index contributed by atoms with van der Waals surface area (Å²) >= 11 is 0. The van der Waals surface area contributed by atoms with E-state index < -0.39 is 22.7 Å². The van der Waals surface area contributed by atoms with Gasteiger partial charge in [0.2, 0.25) is 22.8 Å². The first-order chi connectivity index (χ1) is 14.8. The Morgan fingerprint density at radius 1 is 1.35 bits per heavy atom. The normalized spacial score (nSPS) is 15.5. The van der Waals surface area contributed by atoms with Gasteiger partial charge in [0.05, 0.1) is 11.3 Å². The minimum atomic E-state index is -3.20. The van der Waals surface area contributed by atoms with E-state index in [1.54, 1.807) is 18.2 Å². The predicted octanol–water partition coefficient (Wildman–Crippen LogP) is 2.21. The summed E-state index contributed by atoms with van der Waals surface area (Å²) in [5, 5.41) is 3.16. The molecular formula is C20H26FN5O4S. The zero-order valence-corrected chi connectivity index (χ0v) is 18.1. The number of ketones is 1. The highest BCUT2D eigenvalue weighted by atomic mass is 32.2. The summed E-state index contributed by atoms with van der Waals surface area (Å²) in [5.41, 5.74) is 6.39.